The third kappa shape index (κ3) is 2.88. The van der Waals surface area contributed by atoms with Crippen molar-refractivity contribution in [3.8, 4) is 0 Å². The molecule has 2 atom stereocenters. The summed E-state index contributed by atoms with van der Waals surface area (Å²) in [7, 11) is 1.39. The molecule has 0 fully saturated rings. The van der Waals surface area contributed by atoms with Gasteiger partial charge in [-0.2, -0.15) is 0 Å². The third-order valence-corrected chi connectivity index (χ3v) is 3.85. The molecule has 2 aliphatic rings. The van der Waals surface area contributed by atoms with E-state index < -0.39 is 0 Å². The van der Waals surface area contributed by atoms with Crippen molar-refractivity contribution in [3.05, 3.63) is 23.3 Å². The second kappa shape index (κ2) is 6.04. The highest BCUT2D eigenvalue weighted by molar-refractivity contribution is 5.89. The Morgan fingerprint density at radius 3 is 2.84 bits per heavy atom. The molecule has 0 aliphatic heterocycles. The minimum atomic E-state index is -0.282. The SMILES string of the molecule is CCOC(=O)C1CC=C(C(=O)OC)C[C@H]2CCC=C12. The van der Waals surface area contributed by atoms with E-state index in [-0.39, 0.29) is 23.8 Å². The molecule has 4 nitrogen and oxygen atoms in total. The summed E-state index contributed by atoms with van der Waals surface area (Å²) in [6, 6.07) is 0. The first-order chi connectivity index (χ1) is 9.17. The van der Waals surface area contributed by atoms with Gasteiger partial charge in [-0.15, -0.1) is 0 Å². The van der Waals surface area contributed by atoms with Crippen molar-refractivity contribution in [1.29, 1.82) is 0 Å². The lowest BCUT2D eigenvalue weighted by Crippen LogP contribution is -2.21. The van der Waals surface area contributed by atoms with Crippen LogP contribution in [0.2, 0.25) is 0 Å². The molecule has 0 saturated carbocycles. The topological polar surface area (TPSA) is 52.6 Å². The van der Waals surface area contributed by atoms with E-state index >= 15 is 0 Å². The Balaban J connectivity index is 2.22. The Bertz CT molecular complexity index is 433. The highest BCUT2D eigenvalue weighted by atomic mass is 16.5. The predicted molar refractivity (Wildman–Crippen MR) is 70.3 cm³/mol. The fourth-order valence-corrected chi connectivity index (χ4v) is 2.95. The van der Waals surface area contributed by atoms with E-state index in [1.807, 2.05) is 13.0 Å². The molecular weight excluding hydrogens is 244 g/mol. The number of allylic oxidation sites excluding steroid dienone is 2. The van der Waals surface area contributed by atoms with Gasteiger partial charge in [0.05, 0.1) is 19.6 Å². The first-order valence-electron chi connectivity index (χ1n) is 6.81. The largest absolute Gasteiger partial charge is 0.466 e. The molecule has 0 heterocycles. The van der Waals surface area contributed by atoms with E-state index in [0.717, 1.165) is 18.4 Å². The summed E-state index contributed by atoms with van der Waals surface area (Å²) in [4.78, 5) is 23.7. The van der Waals surface area contributed by atoms with Gasteiger partial charge in [-0.3, -0.25) is 4.79 Å². The van der Waals surface area contributed by atoms with Gasteiger partial charge in [-0.05, 0) is 38.5 Å². The highest BCUT2D eigenvalue weighted by Crippen LogP contribution is 2.40. The third-order valence-electron chi connectivity index (χ3n) is 3.85. The van der Waals surface area contributed by atoms with Crippen LogP contribution in [0.4, 0.5) is 0 Å². The molecule has 0 aromatic carbocycles. The zero-order chi connectivity index (χ0) is 13.8. The number of rotatable bonds is 3. The van der Waals surface area contributed by atoms with E-state index in [4.69, 9.17) is 9.47 Å². The van der Waals surface area contributed by atoms with Gasteiger partial charge in [0, 0.05) is 5.57 Å². The molecule has 2 rings (SSSR count). The van der Waals surface area contributed by atoms with Crippen molar-refractivity contribution in [2.45, 2.75) is 32.6 Å². The Kier molecular flexibility index (Phi) is 4.40. The lowest BCUT2D eigenvalue weighted by molar-refractivity contribution is -0.146. The van der Waals surface area contributed by atoms with Crippen molar-refractivity contribution in [2.75, 3.05) is 13.7 Å². The van der Waals surface area contributed by atoms with E-state index in [1.54, 1.807) is 0 Å². The first-order valence-corrected chi connectivity index (χ1v) is 6.81. The number of fused-ring (bicyclic) bond motifs is 1. The summed E-state index contributed by atoms with van der Waals surface area (Å²) in [5.74, 6) is -0.407. The van der Waals surface area contributed by atoms with Crippen molar-refractivity contribution in [2.24, 2.45) is 11.8 Å². The summed E-state index contributed by atoms with van der Waals surface area (Å²) in [6.07, 6.45) is 7.16. The van der Waals surface area contributed by atoms with E-state index in [1.165, 1.54) is 7.11 Å². The summed E-state index contributed by atoms with van der Waals surface area (Å²) in [5.41, 5.74) is 1.83. The van der Waals surface area contributed by atoms with Crippen molar-refractivity contribution < 1.29 is 19.1 Å². The molecule has 4 heteroatoms. The number of ether oxygens (including phenoxy) is 2. The maximum atomic E-state index is 12.0. The molecule has 19 heavy (non-hydrogen) atoms. The van der Waals surface area contributed by atoms with Crippen LogP contribution in [0.3, 0.4) is 0 Å². The molecule has 0 spiro atoms. The number of carbonyl (C=O) groups is 2. The molecule has 0 aromatic rings. The summed E-state index contributed by atoms with van der Waals surface area (Å²) in [6.45, 7) is 2.20. The Hall–Kier alpha value is -1.58. The van der Waals surface area contributed by atoms with Crippen LogP contribution in [0.1, 0.15) is 32.6 Å². The van der Waals surface area contributed by atoms with Crippen LogP contribution < -0.4 is 0 Å². The molecule has 0 aromatic heterocycles. The van der Waals surface area contributed by atoms with Crippen LogP contribution in [-0.2, 0) is 19.1 Å². The lowest BCUT2D eigenvalue weighted by atomic mass is 9.88. The van der Waals surface area contributed by atoms with Crippen LogP contribution in [0, 0.1) is 11.8 Å². The standard InChI is InChI=1S/C15H20O4/c1-3-19-15(17)13-8-7-11(14(16)18-2)9-10-5-4-6-12(10)13/h6-7,10,13H,3-5,8-9H2,1-2H3/t10-,13?/m1/s1. The maximum Gasteiger partial charge on any atom is 0.333 e. The molecule has 104 valence electrons. The van der Waals surface area contributed by atoms with Gasteiger partial charge in [-0.25, -0.2) is 4.79 Å². The first kappa shape index (κ1) is 13.8. The van der Waals surface area contributed by atoms with E-state index in [9.17, 15) is 9.59 Å². The zero-order valence-electron chi connectivity index (χ0n) is 11.5. The number of methoxy groups -OCH3 is 1. The normalized spacial score (nSPS) is 25.8. The van der Waals surface area contributed by atoms with E-state index in [2.05, 4.69) is 6.08 Å². The van der Waals surface area contributed by atoms with Crippen LogP contribution in [0.25, 0.3) is 0 Å². The minimum Gasteiger partial charge on any atom is -0.466 e. The molecule has 2 aliphatic carbocycles. The second-order valence-electron chi connectivity index (χ2n) is 4.94. The molecule has 0 amide bonds. The summed E-state index contributed by atoms with van der Waals surface area (Å²) < 4.78 is 9.94. The smallest absolute Gasteiger partial charge is 0.333 e. The quantitative estimate of drug-likeness (QED) is 0.580. The average Bonchev–Trinajstić information content (AvgIpc) is 2.78. The van der Waals surface area contributed by atoms with Gasteiger partial charge in [-0.1, -0.05) is 17.7 Å². The van der Waals surface area contributed by atoms with Gasteiger partial charge in [0.1, 0.15) is 0 Å². The molecular formula is C15H20O4. The van der Waals surface area contributed by atoms with Gasteiger partial charge in [0.2, 0.25) is 0 Å². The van der Waals surface area contributed by atoms with Gasteiger partial charge < -0.3 is 9.47 Å². The number of hydrogen-bond donors (Lipinski definition) is 0. The molecule has 1 unspecified atom stereocenters. The monoisotopic (exact) mass is 264 g/mol. The van der Waals surface area contributed by atoms with Crippen molar-refractivity contribution >= 4 is 11.9 Å². The fraction of sp³-hybridized carbons (Fsp3) is 0.600. The van der Waals surface area contributed by atoms with Gasteiger partial charge in [0.25, 0.3) is 0 Å². The van der Waals surface area contributed by atoms with Crippen molar-refractivity contribution in [1.82, 2.24) is 0 Å². The predicted octanol–water partition coefficient (Wildman–Crippen LogP) is 2.40. The molecule has 0 saturated heterocycles. The lowest BCUT2D eigenvalue weighted by Gasteiger charge is -2.19. The summed E-state index contributed by atoms with van der Waals surface area (Å²) >= 11 is 0. The number of carbonyl (C=O) groups excluding carboxylic acids is 2. The molecule has 0 radical (unpaired) electrons. The van der Waals surface area contributed by atoms with Crippen LogP contribution >= 0.6 is 0 Å². The fourth-order valence-electron chi connectivity index (χ4n) is 2.95. The number of hydrogen-bond acceptors (Lipinski definition) is 4. The highest BCUT2D eigenvalue weighted by Gasteiger charge is 2.35. The second-order valence-corrected chi connectivity index (χ2v) is 4.94. The van der Waals surface area contributed by atoms with Crippen LogP contribution in [0.5, 0.6) is 0 Å². The molecule has 0 N–H and O–H groups in total. The van der Waals surface area contributed by atoms with Gasteiger partial charge in [0.15, 0.2) is 0 Å². The minimum absolute atomic E-state index is 0.178. The summed E-state index contributed by atoms with van der Waals surface area (Å²) in [5, 5.41) is 0. The zero-order valence-corrected chi connectivity index (χ0v) is 11.5. The molecule has 0 bridgehead atoms. The Morgan fingerprint density at radius 1 is 1.37 bits per heavy atom. The Labute approximate surface area is 113 Å². The van der Waals surface area contributed by atoms with E-state index in [0.29, 0.717) is 25.0 Å². The maximum absolute atomic E-state index is 12.0. The number of esters is 2. The van der Waals surface area contributed by atoms with Gasteiger partial charge >= 0.3 is 11.9 Å². The van der Waals surface area contributed by atoms with Crippen molar-refractivity contribution in [3.63, 3.8) is 0 Å². The Morgan fingerprint density at radius 2 is 2.16 bits per heavy atom. The van der Waals surface area contributed by atoms with Crippen LogP contribution in [-0.4, -0.2) is 25.7 Å². The average molecular weight is 264 g/mol. The van der Waals surface area contributed by atoms with Crippen LogP contribution in [0.15, 0.2) is 23.3 Å².